The van der Waals surface area contributed by atoms with Crippen molar-refractivity contribution in [2.45, 2.75) is 19.8 Å². The van der Waals surface area contributed by atoms with E-state index in [1.165, 1.54) is 11.3 Å². The minimum atomic E-state index is -0.992. The summed E-state index contributed by atoms with van der Waals surface area (Å²) in [4.78, 5) is 23.6. The molecule has 6 aromatic rings. The molecule has 1 aliphatic heterocycles. The fourth-order valence-corrected chi connectivity index (χ4v) is 7.06. The fraction of sp³-hybridized carbons (Fsp3) is 0.382. The van der Waals surface area contributed by atoms with Crippen LogP contribution < -0.4 is 19.9 Å². The van der Waals surface area contributed by atoms with E-state index in [9.17, 15) is 4.39 Å². The number of nitrogens with one attached hydrogen (secondary N) is 1. The lowest BCUT2D eigenvalue weighted by molar-refractivity contribution is 0.0903. The lowest BCUT2D eigenvalue weighted by Gasteiger charge is -2.29. The largest absolute Gasteiger partial charge is 0.497 e. The number of ether oxygens (including phenoxy) is 2. The van der Waals surface area contributed by atoms with E-state index < -0.39 is 21.7 Å². The summed E-state index contributed by atoms with van der Waals surface area (Å²) >= 11 is 1.51. The third-order valence-electron chi connectivity index (χ3n) is 8.50. The Balaban J connectivity index is 1.36. The van der Waals surface area contributed by atoms with Crippen LogP contribution in [0.1, 0.15) is 11.4 Å². The summed E-state index contributed by atoms with van der Waals surface area (Å²) in [6.07, 6.45) is 10.2. The molecular formula is C34H40F2N10O2S2. The molecule has 0 aliphatic carbocycles. The van der Waals surface area contributed by atoms with E-state index in [0.29, 0.717) is 42.0 Å². The highest BCUT2D eigenvalue weighted by Crippen LogP contribution is 2.34. The fourth-order valence-electron chi connectivity index (χ4n) is 5.80. The second kappa shape index (κ2) is 14.5. The number of hydrogen-bond acceptors (Lipinski definition) is 11. The van der Waals surface area contributed by atoms with Crippen molar-refractivity contribution in [3.8, 4) is 16.3 Å². The third-order valence-corrected chi connectivity index (χ3v) is 10.7. The van der Waals surface area contributed by atoms with Crippen LogP contribution in [0.25, 0.3) is 27.3 Å². The van der Waals surface area contributed by atoms with Gasteiger partial charge in [-0.2, -0.15) is 19.6 Å². The number of hydrogen-bond donors (Lipinski definition) is 1. The van der Waals surface area contributed by atoms with Crippen LogP contribution in [-0.2, 0) is 24.6 Å². The van der Waals surface area contributed by atoms with Crippen molar-refractivity contribution in [2.24, 2.45) is 0 Å². The van der Waals surface area contributed by atoms with E-state index >= 15 is 4.39 Å². The van der Waals surface area contributed by atoms with E-state index in [2.05, 4.69) is 39.0 Å². The highest BCUT2D eigenvalue weighted by atomic mass is 32.3. The first kappa shape index (κ1) is 34.1. The molecule has 16 heteroatoms. The maximum atomic E-state index is 15.3. The Bertz CT molecular complexity index is 2070. The highest BCUT2D eigenvalue weighted by molar-refractivity contribution is 8.32. The number of imidazole rings is 1. The molecule has 1 aliphatic rings. The number of piperazine rings is 1. The summed E-state index contributed by atoms with van der Waals surface area (Å²) < 4.78 is 44.9. The number of fused-ring (bicyclic) bond motifs is 2. The van der Waals surface area contributed by atoms with Crippen LogP contribution in [0.2, 0.25) is 0 Å². The molecule has 264 valence electrons. The minimum Gasteiger partial charge on any atom is -0.497 e. The average molecular weight is 723 g/mol. The van der Waals surface area contributed by atoms with Crippen LogP contribution >= 0.6 is 21.4 Å². The number of anilines is 2. The number of benzene rings is 2. The molecule has 0 radical (unpaired) electrons. The average Bonchev–Trinajstić information content (AvgIpc) is 3.87. The number of rotatable bonds is 13. The van der Waals surface area contributed by atoms with E-state index in [4.69, 9.17) is 24.5 Å². The molecule has 4 aromatic heterocycles. The monoisotopic (exact) mass is 722 g/mol. The molecule has 1 saturated heterocycles. The molecule has 2 aromatic carbocycles. The SMILES string of the molecule is COc1ccc(CN(Cc2nc3c(F)c(F)ccc3n2COCCS(C)(C)C)c2nc(N3CCNCC3)nc3c(-c4nccs4)cnn23)cc1. The van der Waals surface area contributed by atoms with E-state index in [-0.39, 0.29) is 18.8 Å². The first-order valence-electron chi connectivity index (χ1n) is 16.2. The normalized spacial score (nSPS) is 14.2. The van der Waals surface area contributed by atoms with Crippen LogP contribution in [-0.4, -0.2) is 98.5 Å². The van der Waals surface area contributed by atoms with Crippen molar-refractivity contribution in [2.75, 3.05) is 74.2 Å². The molecule has 12 nitrogen and oxygen atoms in total. The van der Waals surface area contributed by atoms with Gasteiger partial charge in [-0.25, -0.2) is 28.8 Å². The molecule has 50 heavy (non-hydrogen) atoms. The first-order chi connectivity index (χ1) is 24.2. The van der Waals surface area contributed by atoms with Gasteiger partial charge in [0.1, 0.15) is 28.8 Å². The summed E-state index contributed by atoms with van der Waals surface area (Å²) in [6, 6.07) is 10.5. The Morgan fingerprint density at radius 2 is 1.80 bits per heavy atom. The summed E-state index contributed by atoms with van der Waals surface area (Å²) in [5.74, 6) is 1.28. The summed E-state index contributed by atoms with van der Waals surface area (Å²) in [5, 5.41) is 10.9. The van der Waals surface area contributed by atoms with Gasteiger partial charge >= 0.3 is 0 Å². The second-order valence-corrected chi connectivity index (χ2v) is 18.4. The van der Waals surface area contributed by atoms with Crippen molar-refractivity contribution < 1.29 is 18.3 Å². The molecule has 0 spiro atoms. The van der Waals surface area contributed by atoms with Gasteiger partial charge in [-0.05, 0) is 48.6 Å². The third kappa shape index (κ3) is 7.24. The van der Waals surface area contributed by atoms with Gasteiger partial charge in [0.15, 0.2) is 17.3 Å². The molecule has 0 unspecified atom stereocenters. The molecule has 0 amide bonds. The van der Waals surface area contributed by atoms with Crippen LogP contribution in [0.4, 0.5) is 20.7 Å². The van der Waals surface area contributed by atoms with Gasteiger partial charge in [0.25, 0.3) is 0 Å². The zero-order valence-electron chi connectivity index (χ0n) is 28.5. The number of halogens is 2. The molecule has 5 heterocycles. The standard InChI is InChI=1S/C34H40F2N10O2S2/c1-47-24-7-5-23(6-8-24)20-44(21-28-40-30-27(10-9-26(35)29(30)36)45(28)22-48-16-18-50(2,3)4)34-42-33(43-14-11-37-12-15-43)41-31-25(19-39-46(31)34)32-38-13-17-49-32/h5-10,13,17,19,37H,11-12,14-16,18,20-22H2,1-4H3. The summed E-state index contributed by atoms with van der Waals surface area (Å²) in [7, 11) is 0.845. The smallest absolute Gasteiger partial charge is 0.232 e. The van der Waals surface area contributed by atoms with Gasteiger partial charge in [-0.15, -0.1) is 11.3 Å². The van der Waals surface area contributed by atoms with Gasteiger partial charge in [-0.1, -0.05) is 12.1 Å². The molecule has 0 bridgehead atoms. The van der Waals surface area contributed by atoms with Crippen molar-refractivity contribution in [1.29, 1.82) is 0 Å². The Hall–Kier alpha value is -4.38. The quantitative estimate of drug-likeness (QED) is 0.161. The maximum absolute atomic E-state index is 15.3. The Kier molecular flexibility index (Phi) is 9.86. The molecule has 0 saturated carbocycles. The highest BCUT2D eigenvalue weighted by Gasteiger charge is 2.26. The number of nitrogens with zero attached hydrogens (tertiary/aromatic N) is 9. The minimum absolute atomic E-state index is 0.0473. The van der Waals surface area contributed by atoms with Crippen LogP contribution in [0.15, 0.2) is 54.2 Å². The maximum Gasteiger partial charge on any atom is 0.232 e. The van der Waals surface area contributed by atoms with Crippen LogP contribution in [0, 0.1) is 11.6 Å². The Morgan fingerprint density at radius 1 is 1.00 bits per heavy atom. The van der Waals surface area contributed by atoms with Crippen molar-refractivity contribution in [3.05, 3.63) is 77.2 Å². The predicted molar refractivity (Wildman–Crippen MR) is 196 cm³/mol. The molecule has 7 rings (SSSR count). The molecule has 1 fully saturated rings. The van der Waals surface area contributed by atoms with Gasteiger partial charge in [0.05, 0.1) is 37.5 Å². The number of methoxy groups -OCH3 is 1. The predicted octanol–water partition coefficient (Wildman–Crippen LogP) is 5.17. The molecular weight excluding hydrogens is 683 g/mol. The lowest BCUT2D eigenvalue weighted by atomic mass is 10.2. The van der Waals surface area contributed by atoms with Gasteiger partial charge in [0.2, 0.25) is 11.9 Å². The van der Waals surface area contributed by atoms with Crippen LogP contribution in [0.3, 0.4) is 0 Å². The Morgan fingerprint density at radius 3 is 2.52 bits per heavy atom. The second-order valence-electron chi connectivity index (χ2n) is 12.9. The van der Waals surface area contributed by atoms with Crippen molar-refractivity contribution in [1.82, 2.24) is 39.4 Å². The van der Waals surface area contributed by atoms with E-state index in [0.717, 1.165) is 59.9 Å². The van der Waals surface area contributed by atoms with E-state index in [1.807, 2.05) is 39.1 Å². The van der Waals surface area contributed by atoms with Crippen LogP contribution in [0.5, 0.6) is 5.75 Å². The van der Waals surface area contributed by atoms with Gasteiger partial charge < -0.3 is 29.2 Å². The zero-order chi connectivity index (χ0) is 34.8. The zero-order valence-corrected chi connectivity index (χ0v) is 30.1. The summed E-state index contributed by atoms with van der Waals surface area (Å²) in [5.41, 5.74) is 2.79. The van der Waals surface area contributed by atoms with Gasteiger partial charge in [-0.3, -0.25) is 0 Å². The van der Waals surface area contributed by atoms with Crippen molar-refractivity contribution >= 4 is 49.9 Å². The first-order valence-corrected chi connectivity index (χ1v) is 20.2. The molecule has 0 atom stereocenters. The lowest BCUT2D eigenvalue weighted by Crippen LogP contribution is -2.44. The number of thiazole rings is 1. The Labute approximate surface area is 294 Å². The molecule has 1 N–H and O–H groups in total. The number of aromatic nitrogens is 7. The van der Waals surface area contributed by atoms with E-state index in [1.54, 1.807) is 30.1 Å². The van der Waals surface area contributed by atoms with Gasteiger partial charge in [0, 0.05) is 50.1 Å². The topological polar surface area (TPSA) is 111 Å². The van der Waals surface area contributed by atoms with Crippen molar-refractivity contribution in [3.63, 3.8) is 0 Å². The summed E-state index contributed by atoms with van der Waals surface area (Å²) in [6.45, 7) is 4.32.